The number of nitrogens with one attached hydrogen (secondary N) is 1. The number of aromatic nitrogens is 2. The van der Waals surface area contributed by atoms with Crippen molar-refractivity contribution in [1.29, 1.82) is 0 Å². The second-order valence-electron chi connectivity index (χ2n) is 3.56. The van der Waals surface area contributed by atoms with E-state index >= 15 is 0 Å². The Morgan fingerprint density at radius 3 is 2.73 bits per heavy atom. The molecule has 3 N–H and O–H groups in total. The first-order valence-corrected chi connectivity index (χ1v) is 5.15. The molecule has 1 amide bonds. The second kappa shape index (κ2) is 4.82. The van der Waals surface area contributed by atoms with Crippen LogP contribution in [-0.2, 0) is 7.05 Å². The normalized spacial score (nSPS) is 10.3. The number of hydrogen-bond acceptors (Lipinski definition) is 3. The number of anilines is 1. The van der Waals surface area contributed by atoms with Gasteiger partial charge in [0, 0.05) is 13.6 Å². The Morgan fingerprint density at radius 1 is 1.60 bits per heavy atom. The molecule has 5 nitrogen and oxygen atoms in total. The van der Waals surface area contributed by atoms with Crippen molar-refractivity contribution in [2.75, 3.05) is 12.3 Å². The van der Waals surface area contributed by atoms with Gasteiger partial charge in [0.2, 0.25) is 0 Å². The maximum atomic E-state index is 11.7. The van der Waals surface area contributed by atoms with E-state index in [4.69, 9.17) is 5.73 Å². The Morgan fingerprint density at radius 2 is 2.27 bits per heavy atom. The summed E-state index contributed by atoms with van der Waals surface area (Å²) >= 11 is 0. The lowest BCUT2D eigenvalue weighted by atomic mass is 10.3. The van der Waals surface area contributed by atoms with Gasteiger partial charge in [-0.25, -0.2) is 4.98 Å². The molecule has 0 bridgehead atoms. The van der Waals surface area contributed by atoms with Crippen LogP contribution in [0.5, 0.6) is 0 Å². The van der Waals surface area contributed by atoms with Gasteiger partial charge in [0.25, 0.3) is 5.91 Å². The average molecular weight is 210 g/mol. The molecule has 0 spiro atoms. The van der Waals surface area contributed by atoms with Crippen molar-refractivity contribution >= 4 is 11.7 Å². The molecule has 15 heavy (non-hydrogen) atoms. The largest absolute Gasteiger partial charge is 0.382 e. The van der Waals surface area contributed by atoms with Crippen molar-refractivity contribution in [3.63, 3.8) is 0 Å². The maximum absolute atomic E-state index is 11.7. The van der Waals surface area contributed by atoms with Crippen LogP contribution in [0.4, 0.5) is 5.82 Å². The quantitative estimate of drug-likeness (QED) is 0.723. The standard InChI is InChI=1S/C10H18N4O/c1-4-5-6-12-10(15)8-9(11)13-7(2)14(8)3/h4-6,11H2,1-3H3,(H,12,15). The molecule has 0 fully saturated rings. The van der Waals surface area contributed by atoms with Gasteiger partial charge < -0.3 is 15.6 Å². The van der Waals surface area contributed by atoms with E-state index in [-0.39, 0.29) is 5.91 Å². The maximum Gasteiger partial charge on any atom is 0.271 e. The summed E-state index contributed by atoms with van der Waals surface area (Å²) in [5, 5.41) is 2.82. The van der Waals surface area contributed by atoms with Crippen LogP contribution in [0.15, 0.2) is 0 Å². The first-order chi connectivity index (χ1) is 7.07. The smallest absolute Gasteiger partial charge is 0.271 e. The van der Waals surface area contributed by atoms with E-state index in [2.05, 4.69) is 17.2 Å². The minimum absolute atomic E-state index is 0.149. The lowest BCUT2D eigenvalue weighted by Crippen LogP contribution is -2.27. The Kier molecular flexibility index (Phi) is 3.71. The number of carbonyl (C=O) groups is 1. The van der Waals surface area contributed by atoms with Crippen molar-refractivity contribution in [3.05, 3.63) is 11.5 Å². The number of nitrogens with two attached hydrogens (primary N) is 1. The molecular formula is C10H18N4O. The highest BCUT2D eigenvalue weighted by Gasteiger charge is 2.16. The molecule has 0 saturated carbocycles. The van der Waals surface area contributed by atoms with Crippen molar-refractivity contribution < 1.29 is 4.79 Å². The molecule has 1 aromatic rings. The van der Waals surface area contributed by atoms with Gasteiger partial charge in [-0.15, -0.1) is 0 Å². The third kappa shape index (κ3) is 2.49. The first-order valence-electron chi connectivity index (χ1n) is 5.15. The topological polar surface area (TPSA) is 72.9 Å². The Labute approximate surface area is 89.7 Å². The molecular weight excluding hydrogens is 192 g/mol. The van der Waals surface area contributed by atoms with Gasteiger partial charge >= 0.3 is 0 Å². The molecule has 0 aliphatic rings. The van der Waals surface area contributed by atoms with Crippen molar-refractivity contribution in [1.82, 2.24) is 14.9 Å². The van der Waals surface area contributed by atoms with Crippen LogP contribution in [0.25, 0.3) is 0 Å². The Bertz CT molecular complexity index is 357. The molecule has 84 valence electrons. The van der Waals surface area contributed by atoms with Gasteiger partial charge in [-0.05, 0) is 13.3 Å². The zero-order chi connectivity index (χ0) is 11.4. The summed E-state index contributed by atoms with van der Waals surface area (Å²) < 4.78 is 1.70. The summed E-state index contributed by atoms with van der Waals surface area (Å²) in [6.07, 6.45) is 2.03. The van der Waals surface area contributed by atoms with Crippen LogP contribution in [0.1, 0.15) is 36.1 Å². The summed E-state index contributed by atoms with van der Waals surface area (Å²) in [4.78, 5) is 15.8. The van der Waals surface area contributed by atoms with Crippen molar-refractivity contribution in [3.8, 4) is 0 Å². The van der Waals surface area contributed by atoms with E-state index in [1.165, 1.54) is 0 Å². The lowest BCUT2D eigenvalue weighted by Gasteiger charge is -2.05. The number of rotatable bonds is 4. The number of amides is 1. The second-order valence-corrected chi connectivity index (χ2v) is 3.56. The number of aryl methyl sites for hydroxylation is 1. The molecule has 0 unspecified atom stereocenters. The molecule has 0 aliphatic carbocycles. The van der Waals surface area contributed by atoms with Gasteiger partial charge in [-0.1, -0.05) is 13.3 Å². The minimum atomic E-state index is -0.149. The highest BCUT2D eigenvalue weighted by Crippen LogP contribution is 2.11. The lowest BCUT2D eigenvalue weighted by molar-refractivity contribution is 0.0946. The number of unbranched alkanes of at least 4 members (excludes halogenated alkanes) is 1. The van der Waals surface area contributed by atoms with E-state index in [1.807, 2.05) is 6.92 Å². The van der Waals surface area contributed by atoms with Crippen LogP contribution in [-0.4, -0.2) is 22.0 Å². The fourth-order valence-electron chi connectivity index (χ4n) is 1.37. The first kappa shape index (κ1) is 11.6. The zero-order valence-electron chi connectivity index (χ0n) is 9.50. The SMILES string of the molecule is CCCCNC(=O)c1c(N)nc(C)n1C. The summed E-state index contributed by atoms with van der Waals surface area (Å²) in [6, 6.07) is 0. The molecule has 1 aromatic heterocycles. The number of nitrogen functional groups attached to an aromatic ring is 1. The third-order valence-electron chi connectivity index (χ3n) is 2.38. The summed E-state index contributed by atoms with van der Waals surface area (Å²) in [6.45, 7) is 4.58. The third-order valence-corrected chi connectivity index (χ3v) is 2.38. The number of nitrogens with zero attached hydrogens (tertiary/aromatic N) is 2. The van der Waals surface area contributed by atoms with Crippen molar-refractivity contribution in [2.24, 2.45) is 7.05 Å². The Balaban J connectivity index is 2.73. The monoisotopic (exact) mass is 210 g/mol. The van der Waals surface area contributed by atoms with Crippen LogP contribution < -0.4 is 11.1 Å². The van der Waals surface area contributed by atoms with Gasteiger partial charge in [0.05, 0.1) is 0 Å². The number of hydrogen-bond donors (Lipinski definition) is 2. The van der Waals surface area contributed by atoms with Crippen LogP contribution in [0, 0.1) is 6.92 Å². The highest BCUT2D eigenvalue weighted by molar-refractivity contribution is 5.96. The van der Waals surface area contributed by atoms with E-state index in [9.17, 15) is 4.79 Å². The molecule has 1 rings (SSSR count). The molecule has 0 aromatic carbocycles. The summed E-state index contributed by atoms with van der Waals surface area (Å²) in [7, 11) is 1.79. The Hall–Kier alpha value is -1.52. The fraction of sp³-hybridized carbons (Fsp3) is 0.600. The van der Waals surface area contributed by atoms with Crippen LogP contribution in [0.2, 0.25) is 0 Å². The van der Waals surface area contributed by atoms with Crippen LogP contribution >= 0.6 is 0 Å². The minimum Gasteiger partial charge on any atom is -0.382 e. The molecule has 5 heteroatoms. The van der Waals surface area contributed by atoms with E-state index in [0.717, 1.165) is 18.7 Å². The molecule has 0 aliphatic heterocycles. The summed E-state index contributed by atoms with van der Waals surface area (Å²) in [5.41, 5.74) is 6.10. The van der Waals surface area contributed by atoms with E-state index < -0.39 is 0 Å². The van der Waals surface area contributed by atoms with E-state index in [0.29, 0.717) is 18.1 Å². The van der Waals surface area contributed by atoms with Gasteiger partial charge in [0.1, 0.15) is 5.82 Å². The number of imidazole rings is 1. The number of carbonyl (C=O) groups excluding carboxylic acids is 1. The zero-order valence-corrected chi connectivity index (χ0v) is 9.50. The fourth-order valence-corrected chi connectivity index (χ4v) is 1.37. The van der Waals surface area contributed by atoms with Gasteiger partial charge in [0.15, 0.2) is 11.5 Å². The van der Waals surface area contributed by atoms with Gasteiger partial charge in [-0.3, -0.25) is 4.79 Å². The molecule has 0 radical (unpaired) electrons. The average Bonchev–Trinajstić information content (AvgIpc) is 2.41. The predicted octanol–water partition coefficient (Wildman–Crippen LogP) is 0.841. The molecule has 1 heterocycles. The summed E-state index contributed by atoms with van der Waals surface area (Å²) in [5.74, 6) is 0.890. The van der Waals surface area contributed by atoms with Crippen LogP contribution in [0.3, 0.4) is 0 Å². The van der Waals surface area contributed by atoms with E-state index in [1.54, 1.807) is 11.6 Å². The predicted molar refractivity (Wildman–Crippen MR) is 59.6 cm³/mol. The highest BCUT2D eigenvalue weighted by atomic mass is 16.2. The van der Waals surface area contributed by atoms with Crippen molar-refractivity contribution in [2.45, 2.75) is 26.7 Å². The van der Waals surface area contributed by atoms with Gasteiger partial charge in [-0.2, -0.15) is 0 Å². The molecule has 0 atom stereocenters. The molecule has 0 saturated heterocycles.